The number of rotatable bonds is 8. The number of halogens is 3. The van der Waals surface area contributed by atoms with Crippen molar-refractivity contribution in [3.8, 4) is 0 Å². The Hall–Kier alpha value is -4.41. The van der Waals surface area contributed by atoms with Crippen molar-refractivity contribution in [2.24, 2.45) is 0 Å². The van der Waals surface area contributed by atoms with Gasteiger partial charge in [-0.05, 0) is 42.8 Å². The number of carbonyl (C=O) groups excluding carboxylic acids is 3. The van der Waals surface area contributed by atoms with Gasteiger partial charge in [-0.3, -0.25) is 24.2 Å². The van der Waals surface area contributed by atoms with E-state index >= 15 is 0 Å². The SMILES string of the molecule is [C-]#[N+]c1ccnc(N2C(=O)CC[C@H]2C(=O)N(c2cccc(S(C)(=O)=O)c2)C(C(=O)NC2CC(F)(F)C2)c2ccccc2Cl)c1. The fourth-order valence-corrected chi connectivity index (χ4v) is 6.28. The average Bonchev–Trinajstić information content (AvgIpc) is 3.36. The van der Waals surface area contributed by atoms with Gasteiger partial charge in [-0.15, -0.1) is 0 Å². The number of hydrogen-bond acceptors (Lipinski definition) is 6. The van der Waals surface area contributed by atoms with Gasteiger partial charge in [-0.25, -0.2) is 27.0 Å². The number of pyridine rings is 1. The number of sulfone groups is 1. The minimum Gasteiger partial charge on any atom is -0.351 e. The van der Waals surface area contributed by atoms with Crippen LogP contribution in [0.4, 0.5) is 26.0 Å². The van der Waals surface area contributed by atoms with Crippen LogP contribution in [0, 0.1) is 6.57 Å². The van der Waals surface area contributed by atoms with Crippen LogP contribution in [0.3, 0.4) is 0 Å². The molecule has 2 aromatic carbocycles. The Morgan fingerprint density at radius 1 is 1.16 bits per heavy atom. The van der Waals surface area contributed by atoms with Crippen molar-refractivity contribution >= 4 is 56.4 Å². The largest absolute Gasteiger partial charge is 0.351 e. The fourth-order valence-electron chi connectivity index (χ4n) is 5.38. The van der Waals surface area contributed by atoms with Crippen LogP contribution in [0.2, 0.25) is 5.02 Å². The van der Waals surface area contributed by atoms with Gasteiger partial charge in [0.05, 0.1) is 11.5 Å². The highest BCUT2D eigenvalue weighted by Crippen LogP contribution is 2.40. The van der Waals surface area contributed by atoms with Gasteiger partial charge in [0.2, 0.25) is 11.8 Å². The molecule has 3 amide bonds. The van der Waals surface area contributed by atoms with Gasteiger partial charge in [0.1, 0.15) is 17.9 Å². The van der Waals surface area contributed by atoms with E-state index in [0.29, 0.717) is 0 Å². The Kier molecular flexibility index (Phi) is 8.42. The summed E-state index contributed by atoms with van der Waals surface area (Å²) < 4.78 is 52.3. The van der Waals surface area contributed by atoms with Crippen LogP contribution in [0.15, 0.2) is 71.8 Å². The average molecular weight is 642 g/mol. The van der Waals surface area contributed by atoms with E-state index in [2.05, 4.69) is 15.1 Å². The van der Waals surface area contributed by atoms with E-state index < -0.39 is 64.4 Å². The lowest BCUT2D eigenvalue weighted by molar-refractivity contribution is -0.133. The Bertz CT molecular complexity index is 1790. The molecule has 2 fully saturated rings. The van der Waals surface area contributed by atoms with Crippen LogP contribution in [-0.4, -0.2) is 55.4 Å². The standard InChI is InChI=1S/C30H26ClF2N5O5S/c1-34-18-12-13-35-25(14-18)38-24(10-11-26(38)39)29(41)37(20-6-5-7-21(15-20)44(2,42)43)27(22-8-3-4-9-23(22)31)28(40)36-19-16-30(32,33)17-19/h3-9,12-15,19,24,27H,10-11,16-17H2,2H3,(H,36,40)/t24-,27?/m0/s1. The van der Waals surface area contributed by atoms with Gasteiger partial charge in [0.15, 0.2) is 15.5 Å². The molecule has 1 N–H and O–H groups in total. The van der Waals surface area contributed by atoms with Gasteiger partial charge in [0.25, 0.3) is 11.8 Å². The lowest BCUT2D eigenvalue weighted by atomic mass is 9.87. The van der Waals surface area contributed by atoms with E-state index in [1.54, 1.807) is 12.1 Å². The van der Waals surface area contributed by atoms with Crippen molar-refractivity contribution in [2.75, 3.05) is 16.1 Å². The van der Waals surface area contributed by atoms with Gasteiger partial charge in [-0.1, -0.05) is 35.9 Å². The molecule has 228 valence electrons. The second kappa shape index (κ2) is 11.9. The molecule has 44 heavy (non-hydrogen) atoms. The number of carbonyl (C=O) groups is 3. The molecule has 1 aliphatic carbocycles. The van der Waals surface area contributed by atoms with Crippen molar-refractivity contribution in [3.05, 3.63) is 88.9 Å². The van der Waals surface area contributed by atoms with E-state index in [1.165, 1.54) is 54.7 Å². The predicted octanol–water partition coefficient (Wildman–Crippen LogP) is 4.87. The summed E-state index contributed by atoms with van der Waals surface area (Å²) in [6.45, 7) is 7.33. The zero-order valence-corrected chi connectivity index (χ0v) is 24.9. The van der Waals surface area contributed by atoms with Crippen molar-refractivity contribution in [3.63, 3.8) is 0 Å². The number of nitrogens with one attached hydrogen (secondary N) is 1. The first-order valence-corrected chi connectivity index (χ1v) is 15.8. The number of hydrogen-bond donors (Lipinski definition) is 1. The molecule has 0 spiro atoms. The maximum absolute atomic E-state index is 14.6. The molecular weight excluding hydrogens is 616 g/mol. The summed E-state index contributed by atoms with van der Waals surface area (Å²) in [5.41, 5.74) is 0.336. The second-order valence-electron chi connectivity index (χ2n) is 10.7. The number of amides is 3. The van der Waals surface area contributed by atoms with Gasteiger partial charge in [0, 0.05) is 54.0 Å². The first-order chi connectivity index (χ1) is 20.8. The number of nitrogens with zero attached hydrogens (tertiary/aromatic N) is 4. The fraction of sp³-hybridized carbons (Fsp3) is 0.300. The molecule has 0 bridgehead atoms. The third-order valence-corrected chi connectivity index (χ3v) is 8.96. The Labute approximate surface area is 257 Å². The van der Waals surface area contributed by atoms with E-state index in [9.17, 15) is 31.6 Å². The Balaban J connectivity index is 1.66. The first-order valence-electron chi connectivity index (χ1n) is 13.5. The minimum absolute atomic E-state index is 0.000832. The summed E-state index contributed by atoms with van der Waals surface area (Å²) in [6, 6.07) is 10.8. The number of aromatic nitrogens is 1. The Morgan fingerprint density at radius 2 is 1.89 bits per heavy atom. The minimum atomic E-state index is -3.77. The maximum atomic E-state index is 14.6. The number of anilines is 2. The molecule has 1 unspecified atom stereocenters. The van der Waals surface area contributed by atoms with Crippen LogP contribution in [0.25, 0.3) is 4.85 Å². The van der Waals surface area contributed by atoms with Crippen LogP contribution >= 0.6 is 11.6 Å². The molecular formula is C30H26ClF2N5O5S. The molecule has 2 heterocycles. The highest BCUT2D eigenvalue weighted by molar-refractivity contribution is 7.90. The van der Waals surface area contributed by atoms with Crippen LogP contribution in [0.5, 0.6) is 0 Å². The molecule has 1 aromatic heterocycles. The van der Waals surface area contributed by atoms with Crippen LogP contribution < -0.4 is 15.1 Å². The van der Waals surface area contributed by atoms with Crippen molar-refractivity contribution < 1.29 is 31.6 Å². The third-order valence-electron chi connectivity index (χ3n) is 7.51. The highest BCUT2D eigenvalue weighted by atomic mass is 35.5. The summed E-state index contributed by atoms with van der Waals surface area (Å²) in [6.07, 6.45) is 1.13. The van der Waals surface area contributed by atoms with E-state index in [1.807, 2.05) is 0 Å². The summed E-state index contributed by atoms with van der Waals surface area (Å²) in [5, 5.41) is 2.68. The monoisotopic (exact) mass is 641 g/mol. The van der Waals surface area contributed by atoms with Crippen molar-refractivity contribution in [1.29, 1.82) is 0 Å². The van der Waals surface area contributed by atoms with E-state index in [4.69, 9.17) is 18.2 Å². The summed E-state index contributed by atoms with van der Waals surface area (Å²) in [7, 11) is -3.77. The van der Waals surface area contributed by atoms with Crippen LogP contribution in [-0.2, 0) is 24.2 Å². The lowest BCUT2D eigenvalue weighted by Crippen LogP contribution is -2.56. The molecule has 10 nitrogen and oxygen atoms in total. The Morgan fingerprint density at radius 3 is 2.55 bits per heavy atom. The molecule has 3 aromatic rings. The van der Waals surface area contributed by atoms with E-state index in [0.717, 1.165) is 16.1 Å². The van der Waals surface area contributed by atoms with Gasteiger partial charge >= 0.3 is 0 Å². The van der Waals surface area contributed by atoms with Crippen molar-refractivity contribution in [2.45, 2.75) is 54.6 Å². The smallest absolute Gasteiger partial charge is 0.252 e. The predicted molar refractivity (Wildman–Crippen MR) is 158 cm³/mol. The molecule has 14 heteroatoms. The molecule has 1 saturated heterocycles. The normalized spacial score (nSPS) is 18.7. The molecule has 1 aliphatic heterocycles. The maximum Gasteiger partial charge on any atom is 0.252 e. The zero-order valence-electron chi connectivity index (χ0n) is 23.3. The van der Waals surface area contributed by atoms with E-state index in [-0.39, 0.29) is 45.5 Å². The lowest BCUT2D eigenvalue weighted by Gasteiger charge is -2.39. The summed E-state index contributed by atoms with van der Waals surface area (Å²) >= 11 is 6.54. The molecule has 5 rings (SSSR count). The van der Waals surface area contributed by atoms with Gasteiger partial charge in [-0.2, -0.15) is 0 Å². The number of benzene rings is 2. The number of alkyl halides is 2. The molecule has 1 saturated carbocycles. The quantitative estimate of drug-likeness (QED) is 0.350. The van der Waals surface area contributed by atoms with Crippen molar-refractivity contribution in [1.82, 2.24) is 10.3 Å². The second-order valence-corrected chi connectivity index (χ2v) is 13.1. The topological polar surface area (TPSA) is 121 Å². The molecule has 2 aliphatic rings. The first kappa shape index (κ1) is 31.0. The van der Waals surface area contributed by atoms with Crippen LogP contribution in [0.1, 0.15) is 37.3 Å². The third kappa shape index (κ3) is 6.27. The molecule has 0 radical (unpaired) electrons. The van der Waals surface area contributed by atoms with Gasteiger partial charge < -0.3 is 5.32 Å². The molecule has 2 atom stereocenters. The zero-order chi connectivity index (χ0) is 31.8. The summed E-state index contributed by atoms with van der Waals surface area (Å²) in [5.74, 6) is -4.91. The summed E-state index contributed by atoms with van der Waals surface area (Å²) in [4.78, 5) is 51.3. The highest BCUT2D eigenvalue weighted by Gasteiger charge is 2.48.